The van der Waals surface area contributed by atoms with Crippen LogP contribution in [0.25, 0.3) is 0 Å². The number of nitrogens with two attached hydrogens (primary N) is 1. The second kappa shape index (κ2) is 3.37. The Kier molecular flexibility index (Phi) is 2.46. The highest BCUT2D eigenvalue weighted by molar-refractivity contribution is 5.76. The normalized spacial score (nSPS) is 19.8. The van der Waals surface area contributed by atoms with E-state index in [1.54, 1.807) is 0 Å². The molecule has 0 aromatic heterocycles. The second-order valence-electron chi connectivity index (χ2n) is 2.77. The van der Waals surface area contributed by atoms with Crippen molar-refractivity contribution < 1.29 is 4.79 Å². The first-order valence-corrected chi connectivity index (χ1v) is 3.75. The Hall–Kier alpha value is -1.06. The van der Waals surface area contributed by atoms with Gasteiger partial charge in [0.2, 0.25) is 5.91 Å². The average molecular weight is 155 g/mol. The molecule has 0 radical (unpaired) electrons. The molecule has 1 heterocycles. The summed E-state index contributed by atoms with van der Waals surface area (Å²) in [5, 5.41) is 5.63. The van der Waals surface area contributed by atoms with Gasteiger partial charge in [-0.1, -0.05) is 0 Å². The minimum Gasteiger partial charge on any atom is -0.369 e. The Bertz CT molecular complexity index is 161. The molecule has 4 nitrogen and oxygen atoms in total. The number of hydrogen-bond acceptors (Lipinski definition) is 3. The number of carbonyl (C=O) groups is 1. The molecule has 1 aliphatic heterocycles. The fourth-order valence-electron chi connectivity index (χ4n) is 1.29. The predicted octanol–water partition coefficient (Wildman–Crippen LogP) is -0.201. The van der Waals surface area contributed by atoms with Crippen LogP contribution in [0.3, 0.4) is 0 Å². The predicted molar refractivity (Wildman–Crippen MR) is 43.0 cm³/mol. The molecule has 0 spiro atoms. The molecule has 0 atom stereocenters. The van der Waals surface area contributed by atoms with Crippen molar-refractivity contribution in [3.05, 3.63) is 0 Å². The van der Waals surface area contributed by atoms with Crippen LogP contribution in [0.4, 0.5) is 0 Å². The summed E-state index contributed by atoms with van der Waals surface area (Å²) in [5.41, 5.74) is 5.15. The first kappa shape index (κ1) is 8.04. The highest BCUT2D eigenvalue weighted by Crippen LogP contribution is 2.15. The first-order chi connectivity index (χ1) is 5.24. The van der Waals surface area contributed by atoms with Crippen molar-refractivity contribution in [1.29, 1.82) is 0 Å². The quantitative estimate of drug-likeness (QED) is 0.561. The van der Waals surface area contributed by atoms with Crippen molar-refractivity contribution in [3.8, 4) is 0 Å². The molecular weight excluding hydrogens is 142 g/mol. The van der Waals surface area contributed by atoms with Gasteiger partial charge in [0, 0.05) is 25.7 Å². The molecule has 1 fully saturated rings. The Morgan fingerprint density at radius 2 is 2.09 bits per heavy atom. The number of rotatable bonds is 2. The molecule has 4 heteroatoms. The summed E-state index contributed by atoms with van der Waals surface area (Å²) in [6, 6.07) is 0. The van der Waals surface area contributed by atoms with E-state index in [1.807, 2.05) is 5.01 Å². The van der Waals surface area contributed by atoms with E-state index >= 15 is 0 Å². The van der Waals surface area contributed by atoms with E-state index in [0.717, 1.165) is 25.9 Å². The van der Waals surface area contributed by atoms with Crippen LogP contribution in [0.1, 0.15) is 12.8 Å². The van der Waals surface area contributed by atoms with E-state index in [1.165, 1.54) is 0 Å². The summed E-state index contributed by atoms with van der Waals surface area (Å²) in [5.74, 6) is -0.137. The molecule has 2 N–H and O–H groups in total. The van der Waals surface area contributed by atoms with Gasteiger partial charge in [-0.25, -0.2) is 0 Å². The number of carbonyl (C=O) groups excluding carboxylic acids is 1. The molecule has 1 rings (SSSR count). The van der Waals surface area contributed by atoms with Gasteiger partial charge >= 0.3 is 0 Å². The van der Waals surface area contributed by atoms with Crippen LogP contribution in [0, 0.1) is 5.92 Å². The maximum atomic E-state index is 10.7. The average Bonchev–Trinajstić information content (AvgIpc) is 2.05. The first-order valence-electron chi connectivity index (χ1n) is 3.75. The fraction of sp³-hybridized carbons (Fsp3) is 0.714. The maximum Gasteiger partial charge on any atom is 0.220 e. The zero-order valence-corrected chi connectivity index (χ0v) is 6.49. The summed E-state index contributed by atoms with van der Waals surface area (Å²) in [6.45, 7) is 5.02. The van der Waals surface area contributed by atoms with Crippen molar-refractivity contribution in [3.63, 3.8) is 0 Å². The number of primary amides is 1. The van der Waals surface area contributed by atoms with Gasteiger partial charge in [-0.2, -0.15) is 5.10 Å². The molecule has 1 saturated heterocycles. The molecular formula is C7H13N3O. The van der Waals surface area contributed by atoms with Crippen LogP contribution in [0.2, 0.25) is 0 Å². The van der Waals surface area contributed by atoms with Crippen LogP contribution in [-0.4, -0.2) is 30.7 Å². The summed E-state index contributed by atoms with van der Waals surface area (Å²) in [4.78, 5) is 10.7. The van der Waals surface area contributed by atoms with Crippen molar-refractivity contribution in [1.82, 2.24) is 5.01 Å². The van der Waals surface area contributed by atoms with Crippen molar-refractivity contribution >= 4 is 12.6 Å². The van der Waals surface area contributed by atoms with Gasteiger partial charge in [-0.3, -0.25) is 9.80 Å². The Balaban J connectivity index is 2.35. The van der Waals surface area contributed by atoms with E-state index < -0.39 is 0 Å². The monoisotopic (exact) mass is 155 g/mol. The van der Waals surface area contributed by atoms with Gasteiger partial charge in [0.05, 0.1) is 0 Å². The van der Waals surface area contributed by atoms with Gasteiger partial charge in [-0.05, 0) is 12.8 Å². The van der Waals surface area contributed by atoms with E-state index in [0.29, 0.717) is 0 Å². The topological polar surface area (TPSA) is 58.7 Å². The Morgan fingerprint density at radius 3 is 2.45 bits per heavy atom. The number of hydrogen-bond donors (Lipinski definition) is 1. The fourth-order valence-corrected chi connectivity index (χ4v) is 1.29. The zero-order chi connectivity index (χ0) is 8.27. The van der Waals surface area contributed by atoms with Gasteiger partial charge in [0.1, 0.15) is 0 Å². The van der Waals surface area contributed by atoms with E-state index in [9.17, 15) is 4.79 Å². The number of piperidine rings is 1. The summed E-state index contributed by atoms with van der Waals surface area (Å²) >= 11 is 0. The third-order valence-corrected chi connectivity index (χ3v) is 2.07. The van der Waals surface area contributed by atoms with Gasteiger partial charge in [-0.15, -0.1) is 0 Å². The summed E-state index contributed by atoms with van der Waals surface area (Å²) < 4.78 is 0. The lowest BCUT2D eigenvalue weighted by Crippen LogP contribution is -2.35. The van der Waals surface area contributed by atoms with Crippen molar-refractivity contribution in [2.45, 2.75) is 12.8 Å². The van der Waals surface area contributed by atoms with E-state index in [4.69, 9.17) is 5.73 Å². The molecule has 0 aliphatic carbocycles. The Labute approximate surface area is 66.0 Å². The van der Waals surface area contributed by atoms with Crippen LogP contribution in [0.5, 0.6) is 0 Å². The molecule has 62 valence electrons. The third kappa shape index (κ3) is 1.93. The minimum atomic E-state index is -0.186. The third-order valence-electron chi connectivity index (χ3n) is 2.07. The smallest absolute Gasteiger partial charge is 0.220 e. The van der Waals surface area contributed by atoms with Gasteiger partial charge < -0.3 is 5.73 Å². The molecule has 1 amide bonds. The zero-order valence-electron chi connectivity index (χ0n) is 6.49. The lowest BCUT2D eigenvalue weighted by molar-refractivity contribution is -0.123. The molecule has 0 bridgehead atoms. The molecule has 0 aromatic carbocycles. The lowest BCUT2D eigenvalue weighted by atomic mass is 9.97. The molecule has 0 unspecified atom stereocenters. The summed E-state index contributed by atoms with van der Waals surface area (Å²) in [6.07, 6.45) is 1.63. The van der Waals surface area contributed by atoms with Crippen LogP contribution >= 0.6 is 0 Å². The molecule has 0 saturated carbocycles. The van der Waals surface area contributed by atoms with Crippen LogP contribution in [-0.2, 0) is 4.79 Å². The van der Waals surface area contributed by atoms with E-state index in [-0.39, 0.29) is 11.8 Å². The molecule has 11 heavy (non-hydrogen) atoms. The number of hydrazone groups is 1. The second-order valence-corrected chi connectivity index (χ2v) is 2.77. The van der Waals surface area contributed by atoms with Gasteiger partial charge in [0.25, 0.3) is 0 Å². The highest BCUT2D eigenvalue weighted by atomic mass is 16.1. The SMILES string of the molecule is C=NN1CCC(C(N)=O)CC1. The van der Waals surface area contributed by atoms with E-state index in [2.05, 4.69) is 11.8 Å². The standard InChI is InChI=1S/C7H13N3O/c1-9-10-4-2-6(3-5-10)7(8)11/h6H,1-5H2,(H2,8,11). The molecule has 0 aromatic rings. The van der Waals surface area contributed by atoms with Crippen molar-refractivity contribution in [2.24, 2.45) is 16.8 Å². The summed E-state index contributed by atoms with van der Waals surface area (Å²) in [7, 11) is 0. The maximum absolute atomic E-state index is 10.7. The van der Waals surface area contributed by atoms with Crippen LogP contribution < -0.4 is 5.73 Å². The minimum absolute atomic E-state index is 0.0491. The lowest BCUT2D eigenvalue weighted by Gasteiger charge is -2.27. The van der Waals surface area contributed by atoms with Crippen molar-refractivity contribution in [2.75, 3.05) is 13.1 Å². The van der Waals surface area contributed by atoms with Gasteiger partial charge in [0.15, 0.2) is 0 Å². The Morgan fingerprint density at radius 1 is 1.55 bits per heavy atom. The number of amides is 1. The van der Waals surface area contributed by atoms with Crippen LogP contribution in [0.15, 0.2) is 5.10 Å². The number of nitrogens with zero attached hydrogens (tertiary/aromatic N) is 2. The largest absolute Gasteiger partial charge is 0.369 e. The highest BCUT2D eigenvalue weighted by Gasteiger charge is 2.21. The molecule has 1 aliphatic rings.